The van der Waals surface area contributed by atoms with Crippen molar-refractivity contribution in [3.63, 3.8) is 0 Å². The van der Waals surface area contributed by atoms with Crippen LogP contribution < -0.4 is 0 Å². The van der Waals surface area contributed by atoms with Crippen molar-refractivity contribution in [2.45, 2.75) is 25.6 Å². The van der Waals surface area contributed by atoms with E-state index in [0.717, 1.165) is 13.1 Å². The minimum atomic E-state index is -0.0440. The molecule has 0 aromatic heterocycles. The van der Waals surface area contributed by atoms with Crippen LogP contribution in [0.25, 0.3) is 0 Å². The van der Waals surface area contributed by atoms with E-state index in [4.69, 9.17) is 4.74 Å². The number of rotatable bonds is 3. The number of hydrogen-bond donors (Lipinski definition) is 1. The van der Waals surface area contributed by atoms with Gasteiger partial charge in [0.15, 0.2) is 0 Å². The van der Waals surface area contributed by atoms with Gasteiger partial charge in [-0.2, -0.15) is 0 Å². The Labute approximate surface area is 96.6 Å². The Hall–Kier alpha value is -0.900. The smallest absolute Gasteiger partial charge is 0.0958 e. The molecule has 0 radical (unpaired) electrons. The zero-order chi connectivity index (χ0) is 11.4. The number of aliphatic hydroxyl groups excluding tert-OH is 1. The quantitative estimate of drug-likeness (QED) is 0.834. The van der Waals surface area contributed by atoms with Crippen molar-refractivity contribution in [3.05, 3.63) is 35.9 Å². The SMILES string of the molecule is CC1[C@@H](CO)OCCN1Cc1ccccc1. The van der Waals surface area contributed by atoms with Crippen LogP contribution in [0.3, 0.4) is 0 Å². The standard InChI is InChI=1S/C13H19NO2/c1-11-13(10-15)16-8-7-14(11)9-12-5-3-2-4-6-12/h2-6,11,13,15H,7-10H2,1H3/t11?,13-/m1/s1. The first kappa shape index (κ1) is 11.6. The fourth-order valence-electron chi connectivity index (χ4n) is 2.15. The van der Waals surface area contributed by atoms with E-state index < -0.39 is 0 Å². The van der Waals surface area contributed by atoms with Crippen LogP contribution in [0.4, 0.5) is 0 Å². The summed E-state index contributed by atoms with van der Waals surface area (Å²) < 4.78 is 5.52. The Balaban J connectivity index is 1.99. The molecular formula is C13H19NO2. The molecule has 0 amide bonds. The summed E-state index contributed by atoms with van der Waals surface area (Å²) in [5.74, 6) is 0. The molecule has 1 aliphatic rings. The fraction of sp³-hybridized carbons (Fsp3) is 0.538. The molecular weight excluding hydrogens is 202 g/mol. The van der Waals surface area contributed by atoms with Gasteiger partial charge in [0.1, 0.15) is 0 Å². The van der Waals surface area contributed by atoms with Crippen LogP contribution in [0.2, 0.25) is 0 Å². The Morgan fingerprint density at radius 2 is 2.12 bits per heavy atom. The van der Waals surface area contributed by atoms with Crippen LogP contribution >= 0.6 is 0 Å². The molecule has 1 N–H and O–H groups in total. The number of hydrogen-bond acceptors (Lipinski definition) is 3. The van der Waals surface area contributed by atoms with Gasteiger partial charge in [0.05, 0.1) is 19.3 Å². The predicted molar refractivity (Wildman–Crippen MR) is 63.1 cm³/mol. The average molecular weight is 221 g/mol. The van der Waals surface area contributed by atoms with Gasteiger partial charge in [-0.05, 0) is 12.5 Å². The molecule has 3 nitrogen and oxygen atoms in total. The molecule has 2 rings (SSSR count). The van der Waals surface area contributed by atoms with E-state index in [-0.39, 0.29) is 18.8 Å². The second-order valence-corrected chi connectivity index (χ2v) is 4.29. The molecule has 1 aliphatic heterocycles. The third-order valence-electron chi connectivity index (χ3n) is 3.23. The molecule has 16 heavy (non-hydrogen) atoms. The highest BCUT2D eigenvalue weighted by Crippen LogP contribution is 2.16. The topological polar surface area (TPSA) is 32.7 Å². The van der Waals surface area contributed by atoms with Gasteiger partial charge in [-0.1, -0.05) is 30.3 Å². The summed E-state index contributed by atoms with van der Waals surface area (Å²) in [4.78, 5) is 2.36. The summed E-state index contributed by atoms with van der Waals surface area (Å²) >= 11 is 0. The molecule has 1 unspecified atom stereocenters. The van der Waals surface area contributed by atoms with E-state index in [1.165, 1.54) is 5.56 Å². The second-order valence-electron chi connectivity index (χ2n) is 4.29. The molecule has 1 saturated heterocycles. The van der Waals surface area contributed by atoms with Crippen LogP contribution in [-0.4, -0.2) is 41.9 Å². The lowest BCUT2D eigenvalue weighted by atomic mass is 10.1. The van der Waals surface area contributed by atoms with Gasteiger partial charge in [-0.3, -0.25) is 4.90 Å². The summed E-state index contributed by atoms with van der Waals surface area (Å²) in [6.07, 6.45) is -0.0440. The zero-order valence-corrected chi connectivity index (χ0v) is 9.67. The van der Waals surface area contributed by atoms with Crippen LogP contribution in [0, 0.1) is 0 Å². The summed E-state index contributed by atoms with van der Waals surface area (Å²) in [5, 5.41) is 9.19. The fourth-order valence-corrected chi connectivity index (χ4v) is 2.15. The van der Waals surface area contributed by atoms with Crippen molar-refractivity contribution in [2.24, 2.45) is 0 Å². The van der Waals surface area contributed by atoms with Crippen LogP contribution in [0.5, 0.6) is 0 Å². The van der Waals surface area contributed by atoms with Gasteiger partial charge in [0.2, 0.25) is 0 Å². The Morgan fingerprint density at radius 1 is 1.38 bits per heavy atom. The maximum absolute atomic E-state index is 9.19. The van der Waals surface area contributed by atoms with Gasteiger partial charge < -0.3 is 9.84 Å². The number of morpholine rings is 1. The molecule has 0 bridgehead atoms. The molecule has 0 aliphatic carbocycles. The number of aliphatic hydroxyl groups is 1. The minimum absolute atomic E-state index is 0.0440. The predicted octanol–water partition coefficient (Wildman–Crippen LogP) is 1.27. The number of benzene rings is 1. The first-order valence-electron chi connectivity index (χ1n) is 5.81. The second kappa shape index (κ2) is 5.43. The third kappa shape index (κ3) is 2.61. The van der Waals surface area contributed by atoms with Gasteiger partial charge in [-0.25, -0.2) is 0 Å². The molecule has 0 saturated carbocycles. The van der Waals surface area contributed by atoms with E-state index in [9.17, 15) is 5.11 Å². The largest absolute Gasteiger partial charge is 0.394 e. The van der Waals surface area contributed by atoms with E-state index in [2.05, 4.69) is 36.1 Å². The highest BCUT2D eigenvalue weighted by Gasteiger charge is 2.27. The van der Waals surface area contributed by atoms with E-state index in [1.807, 2.05) is 6.07 Å². The monoisotopic (exact) mass is 221 g/mol. The van der Waals surface area contributed by atoms with Crippen LogP contribution in [0.15, 0.2) is 30.3 Å². The van der Waals surface area contributed by atoms with Gasteiger partial charge in [-0.15, -0.1) is 0 Å². The molecule has 1 aromatic rings. The summed E-state index contributed by atoms with van der Waals surface area (Å²) in [7, 11) is 0. The third-order valence-corrected chi connectivity index (χ3v) is 3.23. The first-order chi connectivity index (χ1) is 7.81. The van der Waals surface area contributed by atoms with E-state index >= 15 is 0 Å². The summed E-state index contributed by atoms with van der Waals surface area (Å²) in [6, 6.07) is 10.7. The van der Waals surface area contributed by atoms with Crippen molar-refractivity contribution >= 4 is 0 Å². The highest BCUT2D eigenvalue weighted by atomic mass is 16.5. The van der Waals surface area contributed by atoms with Crippen molar-refractivity contribution < 1.29 is 9.84 Å². The van der Waals surface area contributed by atoms with E-state index in [1.54, 1.807) is 0 Å². The van der Waals surface area contributed by atoms with Crippen LogP contribution in [0.1, 0.15) is 12.5 Å². The maximum atomic E-state index is 9.19. The summed E-state index contributed by atoms with van der Waals surface area (Å²) in [6.45, 7) is 4.80. The number of nitrogens with zero attached hydrogens (tertiary/aromatic N) is 1. The molecule has 0 spiro atoms. The van der Waals surface area contributed by atoms with Crippen molar-refractivity contribution in [1.29, 1.82) is 0 Å². The van der Waals surface area contributed by atoms with Gasteiger partial charge >= 0.3 is 0 Å². The van der Waals surface area contributed by atoms with Crippen molar-refractivity contribution in [2.75, 3.05) is 19.8 Å². The van der Waals surface area contributed by atoms with E-state index in [0.29, 0.717) is 6.61 Å². The molecule has 2 atom stereocenters. The highest BCUT2D eigenvalue weighted by molar-refractivity contribution is 5.14. The normalized spacial score (nSPS) is 26.9. The molecule has 1 aromatic carbocycles. The number of ether oxygens (including phenoxy) is 1. The maximum Gasteiger partial charge on any atom is 0.0958 e. The molecule has 1 fully saturated rings. The lowest BCUT2D eigenvalue weighted by Gasteiger charge is -2.38. The minimum Gasteiger partial charge on any atom is -0.394 e. The Morgan fingerprint density at radius 3 is 2.81 bits per heavy atom. The Kier molecular flexibility index (Phi) is 3.93. The van der Waals surface area contributed by atoms with Gasteiger partial charge in [0.25, 0.3) is 0 Å². The summed E-state index contributed by atoms with van der Waals surface area (Å²) in [5.41, 5.74) is 1.31. The Bertz CT molecular complexity index is 315. The molecule has 3 heteroatoms. The molecule has 88 valence electrons. The average Bonchev–Trinajstić information content (AvgIpc) is 2.33. The lowest BCUT2D eigenvalue weighted by molar-refractivity contribution is -0.0883. The van der Waals surface area contributed by atoms with Crippen molar-refractivity contribution in [3.8, 4) is 0 Å². The molecule has 1 heterocycles. The van der Waals surface area contributed by atoms with Crippen LogP contribution in [-0.2, 0) is 11.3 Å². The first-order valence-corrected chi connectivity index (χ1v) is 5.81. The lowest BCUT2D eigenvalue weighted by Crippen LogP contribution is -2.50. The van der Waals surface area contributed by atoms with Gasteiger partial charge in [0, 0.05) is 19.1 Å². The zero-order valence-electron chi connectivity index (χ0n) is 9.67. The van der Waals surface area contributed by atoms with Crippen molar-refractivity contribution in [1.82, 2.24) is 4.90 Å².